The molecule has 0 aliphatic heterocycles. The first-order valence-corrected chi connectivity index (χ1v) is 5.96. The molecule has 0 spiro atoms. The quantitative estimate of drug-likeness (QED) is 0.499. The molecule has 1 amide bonds. The number of hydrogen-bond acceptors (Lipinski definition) is 6. The fourth-order valence-electron chi connectivity index (χ4n) is 1.22. The lowest BCUT2D eigenvalue weighted by molar-refractivity contribution is -0.115. The number of nitrogens with zero attached hydrogens (tertiary/aromatic N) is 1. The summed E-state index contributed by atoms with van der Waals surface area (Å²) in [7, 11) is 0. The smallest absolute Gasteiger partial charge is 0.240 e. The number of aromatic nitrogens is 1. The van der Waals surface area contributed by atoms with E-state index in [2.05, 4.69) is 15.6 Å². The predicted octanol–water partition coefficient (Wildman–Crippen LogP) is 0.175. The number of rotatable bonds is 6. The van der Waals surface area contributed by atoms with Crippen LogP contribution in [0.4, 0.5) is 5.13 Å². The highest BCUT2D eigenvalue weighted by atomic mass is 32.1. The van der Waals surface area contributed by atoms with Gasteiger partial charge in [0.25, 0.3) is 0 Å². The number of ketones is 1. The molecule has 1 heterocycles. The molecular weight excluding hydrogens is 242 g/mol. The Morgan fingerprint density at radius 2 is 2.18 bits per heavy atom. The Kier molecular flexibility index (Phi) is 5.20. The van der Waals surface area contributed by atoms with Gasteiger partial charge in [-0.25, -0.2) is 4.98 Å². The average molecular weight is 257 g/mol. The van der Waals surface area contributed by atoms with Gasteiger partial charge in [-0.15, -0.1) is 0 Å². The fraction of sp³-hybridized carbons (Fsp3) is 0.500. The fourth-order valence-corrected chi connectivity index (χ4v) is 2.10. The number of thiazole rings is 1. The highest BCUT2D eigenvalue weighted by molar-refractivity contribution is 7.17. The summed E-state index contributed by atoms with van der Waals surface area (Å²) in [5, 5.41) is 14.3. The van der Waals surface area contributed by atoms with Crippen LogP contribution >= 0.6 is 11.3 Å². The van der Waals surface area contributed by atoms with Gasteiger partial charge in [0.15, 0.2) is 10.9 Å². The number of anilines is 1. The van der Waals surface area contributed by atoms with Crippen LogP contribution in [0.1, 0.15) is 22.3 Å². The van der Waals surface area contributed by atoms with E-state index in [4.69, 9.17) is 5.11 Å². The van der Waals surface area contributed by atoms with Gasteiger partial charge in [0.05, 0.1) is 23.7 Å². The van der Waals surface area contributed by atoms with Crippen LogP contribution in [0.15, 0.2) is 0 Å². The van der Waals surface area contributed by atoms with Gasteiger partial charge in [0.1, 0.15) is 0 Å². The van der Waals surface area contributed by atoms with E-state index in [1.165, 1.54) is 18.3 Å². The van der Waals surface area contributed by atoms with Crippen LogP contribution in [0.25, 0.3) is 0 Å². The molecule has 17 heavy (non-hydrogen) atoms. The predicted molar refractivity (Wildman–Crippen MR) is 65.4 cm³/mol. The first kappa shape index (κ1) is 13.8. The van der Waals surface area contributed by atoms with E-state index in [9.17, 15) is 9.59 Å². The van der Waals surface area contributed by atoms with Crippen LogP contribution in [0.3, 0.4) is 0 Å². The second-order valence-electron chi connectivity index (χ2n) is 3.44. The minimum Gasteiger partial charge on any atom is -0.395 e. The first-order chi connectivity index (χ1) is 8.04. The lowest BCUT2D eigenvalue weighted by Gasteiger charge is -2.01. The van der Waals surface area contributed by atoms with E-state index in [-0.39, 0.29) is 24.8 Å². The number of hydrogen-bond donors (Lipinski definition) is 3. The first-order valence-electron chi connectivity index (χ1n) is 5.14. The number of aryl methyl sites for hydroxylation is 1. The molecule has 0 aliphatic rings. The van der Waals surface area contributed by atoms with Crippen LogP contribution in [-0.4, -0.2) is 41.5 Å². The molecule has 1 aromatic heterocycles. The summed E-state index contributed by atoms with van der Waals surface area (Å²) >= 11 is 1.17. The number of carbonyl (C=O) groups excluding carboxylic acids is 2. The molecule has 0 aliphatic carbocycles. The second kappa shape index (κ2) is 6.43. The van der Waals surface area contributed by atoms with Crippen molar-refractivity contribution in [2.75, 3.05) is 25.0 Å². The molecule has 0 radical (unpaired) electrons. The van der Waals surface area contributed by atoms with Gasteiger partial charge in [-0.3, -0.25) is 9.59 Å². The molecule has 0 unspecified atom stereocenters. The summed E-state index contributed by atoms with van der Waals surface area (Å²) in [4.78, 5) is 27.2. The zero-order chi connectivity index (χ0) is 12.8. The number of Topliss-reactive ketones (excluding diaryl/α,β-unsaturated/α-hetero) is 1. The van der Waals surface area contributed by atoms with Crippen LogP contribution < -0.4 is 10.6 Å². The van der Waals surface area contributed by atoms with Gasteiger partial charge in [-0.1, -0.05) is 11.3 Å². The van der Waals surface area contributed by atoms with Crippen LogP contribution in [0.5, 0.6) is 0 Å². The minimum absolute atomic E-state index is 0.0157. The third-order valence-corrected chi connectivity index (χ3v) is 3.11. The standard InChI is InChI=1S/C10H15N3O3S/c1-6-9(7(2)15)17-10(12-6)13-8(16)5-11-3-4-14/h11,14H,3-5H2,1-2H3,(H,12,13,16). The average Bonchev–Trinajstić information content (AvgIpc) is 2.60. The molecule has 0 fully saturated rings. The van der Waals surface area contributed by atoms with Gasteiger partial charge in [-0.2, -0.15) is 0 Å². The van der Waals surface area contributed by atoms with E-state index in [1.54, 1.807) is 6.92 Å². The van der Waals surface area contributed by atoms with E-state index in [0.717, 1.165) is 0 Å². The molecule has 7 heteroatoms. The van der Waals surface area contributed by atoms with Gasteiger partial charge < -0.3 is 15.7 Å². The number of aliphatic hydroxyl groups is 1. The van der Waals surface area contributed by atoms with E-state index in [0.29, 0.717) is 22.2 Å². The summed E-state index contributed by atoms with van der Waals surface area (Å²) < 4.78 is 0. The third-order valence-electron chi connectivity index (χ3n) is 1.94. The lowest BCUT2D eigenvalue weighted by Crippen LogP contribution is -2.29. The van der Waals surface area contributed by atoms with Gasteiger partial charge in [0, 0.05) is 13.5 Å². The molecule has 6 nitrogen and oxygen atoms in total. The second-order valence-corrected chi connectivity index (χ2v) is 4.44. The Bertz CT molecular complexity index is 417. The summed E-state index contributed by atoms with van der Waals surface area (Å²) in [6.45, 7) is 3.65. The van der Waals surface area contributed by atoms with Crippen molar-refractivity contribution >= 4 is 28.2 Å². The zero-order valence-electron chi connectivity index (χ0n) is 9.74. The van der Waals surface area contributed by atoms with Crippen molar-refractivity contribution in [1.29, 1.82) is 0 Å². The summed E-state index contributed by atoms with van der Waals surface area (Å²) in [6, 6.07) is 0. The summed E-state index contributed by atoms with van der Waals surface area (Å²) in [5.41, 5.74) is 0.626. The van der Waals surface area contributed by atoms with E-state index < -0.39 is 0 Å². The maximum Gasteiger partial charge on any atom is 0.240 e. The Hall–Kier alpha value is -1.31. The Labute approximate surface area is 103 Å². The molecule has 1 rings (SSSR count). The molecule has 0 atom stereocenters. The van der Waals surface area contributed by atoms with Crippen molar-refractivity contribution in [3.8, 4) is 0 Å². The topological polar surface area (TPSA) is 91.3 Å². The Morgan fingerprint density at radius 3 is 2.71 bits per heavy atom. The van der Waals surface area contributed by atoms with Crippen molar-refractivity contribution in [2.24, 2.45) is 0 Å². The minimum atomic E-state index is -0.248. The van der Waals surface area contributed by atoms with Crippen molar-refractivity contribution in [1.82, 2.24) is 10.3 Å². The van der Waals surface area contributed by atoms with E-state index >= 15 is 0 Å². The van der Waals surface area contributed by atoms with Gasteiger partial charge in [0.2, 0.25) is 5.91 Å². The molecule has 1 aromatic rings. The Morgan fingerprint density at radius 1 is 1.47 bits per heavy atom. The lowest BCUT2D eigenvalue weighted by atomic mass is 10.3. The Balaban J connectivity index is 2.54. The van der Waals surface area contributed by atoms with Crippen LogP contribution in [0.2, 0.25) is 0 Å². The largest absolute Gasteiger partial charge is 0.395 e. The molecule has 0 saturated heterocycles. The molecule has 3 N–H and O–H groups in total. The molecular formula is C10H15N3O3S. The van der Waals surface area contributed by atoms with Crippen LogP contribution in [0, 0.1) is 6.92 Å². The summed E-state index contributed by atoms with van der Waals surface area (Å²) in [6.07, 6.45) is 0. The third kappa shape index (κ3) is 4.22. The van der Waals surface area contributed by atoms with Crippen molar-refractivity contribution in [2.45, 2.75) is 13.8 Å². The highest BCUT2D eigenvalue weighted by Gasteiger charge is 2.12. The maximum absolute atomic E-state index is 11.4. The SMILES string of the molecule is CC(=O)c1sc(NC(=O)CNCCO)nc1C. The molecule has 0 saturated carbocycles. The molecule has 94 valence electrons. The number of nitrogens with one attached hydrogen (secondary N) is 2. The molecule has 0 bridgehead atoms. The van der Waals surface area contributed by atoms with Crippen LogP contribution in [-0.2, 0) is 4.79 Å². The van der Waals surface area contributed by atoms with E-state index in [1.807, 2.05) is 0 Å². The number of carbonyl (C=O) groups is 2. The maximum atomic E-state index is 11.4. The number of aliphatic hydroxyl groups excluding tert-OH is 1. The molecule has 0 aromatic carbocycles. The highest BCUT2D eigenvalue weighted by Crippen LogP contribution is 2.22. The normalized spacial score (nSPS) is 10.3. The summed E-state index contributed by atoms with van der Waals surface area (Å²) in [5.74, 6) is -0.304. The monoisotopic (exact) mass is 257 g/mol. The van der Waals surface area contributed by atoms with Crippen molar-refractivity contribution in [3.05, 3.63) is 10.6 Å². The van der Waals surface area contributed by atoms with Gasteiger partial charge >= 0.3 is 0 Å². The number of amides is 1. The van der Waals surface area contributed by atoms with Crippen molar-refractivity contribution < 1.29 is 14.7 Å². The zero-order valence-corrected chi connectivity index (χ0v) is 10.6. The van der Waals surface area contributed by atoms with Gasteiger partial charge in [-0.05, 0) is 6.92 Å². The van der Waals surface area contributed by atoms with Crippen molar-refractivity contribution in [3.63, 3.8) is 0 Å².